The molecule has 0 saturated heterocycles. The van der Waals surface area contributed by atoms with Crippen LogP contribution in [-0.4, -0.2) is 24.0 Å². The van der Waals surface area contributed by atoms with Gasteiger partial charge in [-0.2, -0.15) is 0 Å². The van der Waals surface area contributed by atoms with Crippen LogP contribution in [0.4, 0.5) is 0 Å². The molecule has 0 aromatic heterocycles. The van der Waals surface area contributed by atoms with Crippen LogP contribution in [-0.2, 0) is 17.1 Å². The predicted molar refractivity (Wildman–Crippen MR) is 97.6 cm³/mol. The van der Waals surface area contributed by atoms with E-state index in [0.29, 0.717) is 11.1 Å². The van der Waals surface area contributed by atoms with Gasteiger partial charge in [-0.1, -0.05) is 67.1 Å². The van der Waals surface area contributed by atoms with Crippen molar-refractivity contribution in [3.8, 4) is 11.5 Å². The molecule has 0 unspecified atom stereocenters. The van der Waals surface area contributed by atoms with Crippen molar-refractivity contribution in [1.82, 2.24) is 0 Å². The Balaban J connectivity index is 0.00000243. The molecular formula is C21H22CuN2O2. The van der Waals surface area contributed by atoms with Gasteiger partial charge < -0.3 is 10.2 Å². The first kappa shape index (κ1) is 20.2. The third-order valence-electron chi connectivity index (χ3n) is 4.65. The number of rotatable bonds is 4. The van der Waals surface area contributed by atoms with Gasteiger partial charge in [0.2, 0.25) is 0 Å². The molecule has 1 radical (unpaired) electrons. The van der Waals surface area contributed by atoms with Gasteiger partial charge in [0.05, 0.1) is 12.1 Å². The van der Waals surface area contributed by atoms with E-state index in [2.05, 4.69) is 4.99 Å². The van der Waals surface area contributed by atoms with Gasteiger partial charge >= 0.3 is 17.1 Å². The van der Waals surface area contributed by atoms with Crippen molar-refractivity contribution >= 4 is 11.9 Å². The molecule has 26 heavy (non-hydrogen) atoms. The van der Waals surface area contributed by atoms with Gasteiger partial charge in [0.1, 0.15) is 0 Å². The summed E-state index contributed by atoms with van der Waals surface area (Å²) in [5, 5.41) is 23.8. The molecular weight excluding hydrogens is 376 g/mol. The summed E-state index contributed by atoms with van der Waals surface area (Å²) < 4.78 is 0. The van der Waals surface area contributed by atoms with E-state index in [4.69, 9.17) is 4.99 Å². The van der Waals surface area contributed by atoms with Crippen molar-refractivity contribution in [2.45, 2.75) is 44.7 Å². The molecule has 0 heterocycles. The van der Waals surface area contributed by atoms with E-state index in [-0.39, 0.29) is 40.7 Å². The number of aliphatic imine (C=N–C) groups is 2. The predicted octanol–water partition coefficient (Wildman–Crippen LogP) is 3.07. The molecule has 2 atom stereocenters. The Kier molecular flexibility index (Phi) is 7.43. The maximum Gasteiger partial charge on any atom is 2.00 e. The van der Waals surface area contributed by atoms with Crippen molar-refractivity contribution in [2.75, 3.05) is 0 Å². The maximum absolute atomic E-state index is 12.0. The van der Waals surface area contributed by atoms with Crippen molar-refractivity contribution in [3.63, 3.8) is 0 Å². The number of nitrogens with zero attached hydrogens (tertiary/aromatic N) is 2. The fraction of sp³-hybridized carbons (Fsp3) is 0.333. The minimum absolute atomic E-state index is 0. The first-order valence-corrected chi connectivity index (χ1v) is 8.75. The smallest absolute Gasteiger partial charge is 0.872 e. The van der Waals surface area contributed by atoms with Crippen molar-refractivity contribution in [2.24, 2.45) is 9.98 Å². The molecule has 3 rings (SSSR count). The van der Waals surface area contributed by atoms with Gasteiger partial charge in [0, 0.05) is 11.9 Å². The summed E-state index contributed by atoms with van der Waals surface area (Å²) in [6, 6.07) is 14.0. The summed E-state index contributed by atoms with van der Waals surface area (Å²) in [5.74, 6) is -0.0153. The van der Waals surface area contributed by atoms with Gasteiger partial charge in [-0.15, -0.1) is 5.75 Å². The van der Waals surface area contributed by atoms with Crippen LogP contribution in [0.2, 0.25) is 0 Å². The van der Waals surface area contributed by atoms with Crippen molar-refractivity contribution in [3.05, 3.63) is 59.7 Å². The van der Waals surface area contributed by atoms with Crippen LogP contribution in [0, 0.1) is 0 Å². The van der Waals surface area contributed by atoms with Gasteiger partial charge in [-0.05, 0) is 30.9 Å². The van der Waals surface area contributed by atoms with E-state index >= 15 is 0 Å². The Morgan fingerprint density at radius 2 is 1.54 bits per heavy atom. The standard InChI is InChI=1S/C21H24N2O2.Cu/c1-15(17-9-3-7-13-21(17)25)23-19-11-5-4-10-18(19)22-14-16-8-2-6-12-20(16)24;/h2-3,6-9,12-14,18-19,24-25H,4-5,10-11H2,1H3;/q;+2/p-2/t18-,19-;/m0./s1. The molecule has 1 aliphatic carbocycles. The van der Waals surface area contributed by atoms with E-state index in [1.807, 2.05) is 25.1 Å². The zero-order chi connectivity index (χ0) is 17.6. The average molecular weight is 398 g/mol. The van der Waals surface area contributed by atoms with Crippen LogP contribution in [0.1, 0.15) is 43.7 Å². The first-order valence-electron chi connectivity index (χ1n) is 8.75. The van der Waals surface area contributed by atoms with Crippen LogP contribution >= 0.6 is 0 Å². The molecule has 5 heteroatoms. The topological polar surface area (TPSA) is 70.8 Å². The minimum Gasteiger partial charge on any atom is -0.872 e. The molecule has 0 spiro atoms. The molecule has 139 valence electrons. The second-order valence-electron chi connectivity index (χ2n) is 6.45. The molecule has 0 N–H and O–H groups in total. The van der Waals surface area contributed by atoms with Gasteiger partial charge in [-0.3, -0.25) is 9.98 Å². The molecule has 2 aromatic carbocycles. The van der Waals surface area contributed by atoms with Crippen LogP contribution in [0.5, 0.6) is 11.5 Å². The summed E-state index contributed by atoms with van der Waals surface area (Å²) in [6.07, 6.45) is 5.82. The Bertz CT molecular complexity index is 789. The van der Waals surface area contributed by atoms with E-state index in [1.54, 1.807) is 36.5 Å². The molecule has 0 bridgehead atoms. The fourth-order valence-electron chi connectivity index (χ4n) is 3.26. The second-order valence-corrected chi connectivity index (χ2v) is 6.45. The zero-order valence-electron chi connectivity index (χ0n) is 14.7. The van der Waals surface area contributed by atoms with Crippen LogP contribution in [0.15, 0.2) is 58.5 Å². The van der Waals surface area contributed by atoms with Gasteiger partial charge in [0.15, 0.2) is 0 Å². The number of hydrogen-bond acceptors (Lipinski definition) is 4. The normalized spacial score (nSPS) is 20.7. The van der Waals surface area contributed by atoms with Crippen LogP contribution in [0.25, 0.3) is 0 Å². The molecule has 4 nitrogen and oxygen atoms in total. The van der Waals surface area contributed by atoms with Crippen LogP contribution in [0.3, 0.4) is 0 Å². The summed E-state index contributed by atoms with van der Waals surface area (Å²) in [5.41, 5.74) is 2.03. The number of benzene rings is 2. The van der Waals surface area contributed by atoms with E-state index in [1.165, 1.54) is 0 Å². The second kappa shape index (κ2) is 9.56. The average Bonchev–Trinajstić information content (AvgIpc) is 2.62. The molecule has 0 aliphatic heterocycles. The SMILES string of the molecule is CC(=N[C@H]1CCCC[C@@H]1N=Cc1ccccc1[O-])c1ccccc1[O-].[Cu+2]. The Labute approximate surface area is 165 Å². The summed E-state index contributed by atoms with van der Waals surface area (Å²) in [4.78, 5) is 9.46. The summed E-state index contributed by atoms with van der Waals surface area (Å²) >= 11 is 0. The first-order chi connectivity index (χ1) is 12.1. The van der Waals surface area contributed by atoms with E-state index < -0.39 is 0 Å². The molecule has 1 aliphatic rings. The molecule has 0 amide bonds. The number of para-hydroxylation sites is 2. The van der Waals surface area contributed by atoms with E-state index in [9.17, 15) is 10.2 Å². The monoisotopic (exact) mass is 397 g/mol. The largest absolute Gasteiger partial charge is 2.00 e. The molecule has 1 fully saturated rings. The summed E-state index contributed by atoms with van der Waals surface area (Å²) in [7, 11) is 0. The van der Waals surface area contributed by atoms with Gasteiger partial charge in [-0.25, -0.2) is 0 Å². The minimum atomic E-state index is -0.0152. The molecule has 2 aromatic rings. The van der Waals surface area contributed by atoms with Gasteiger partial charge in [0.25, 0.3) is 0 Å². The number of hydrogen-bond donors (Lipinski definition) is 0. The molecule has 1 saturated carbocycles. The quantitative estimate of drug-likeness (QED) is 0.587. The van der Waals surface area contributed by atoms with Crippen molar-refractivity contribution < 1.29 is 27.3 Å². The Morgan fingerprint density at radius 3 is 2.23 bits per heavy atom. The van der Waals surface area contributed by atoms with Crippen molar-refractivity contribution in [1.29, 1.82) is 0 Å². The third-order valence-corrected chi connectivity index (χ3v) is 4.65. The maximum atomic E-state index is 12.0. The third kappa shape index (κ3) is 4.96. The zero-order valence-corrected chi connectivity index (χ0v) is 15.6. The van der Waals surface area contributed by atoms with E-state index in [0.717, 1.165) is 31.4 Å². The van der Waals surface area contributed by atoms with Crippen LogP contribution < -0.4 is 10.2 Å². The Hall–Kier alpha value is -2.10. The summed E-state index contributed by atoms with van der Waals surface area (Å²) in [6.45, 7) is 1.89. The Morgan fingerprint density at radius 1 is 0.923 bits per heavy atom. The fourth-order valence-corrected chi connectivity index (χ4v) is 3.26.